The van der Waals surface area contributed by atoms with Crippen LogP contribution in [-0.2, 0) is 12.2 Å². The lowest BCUT2D eigenvalue weighted by Crippen LogP contribution is -2.04. The number of aryl methyl sites for hydroxylation is 1. The van der Waals surface area contributed by atoms with Crippen LogP contribution in [0.3, 0.4) is 0 Å². The number of anilines is 1. The van der Waals surface area contributed by atoms with Gasteiger partial charge in [-0.15, -0.1) is 11.8 Å². The maximum absolute atomic E-state index is 5.88. The van der Waals surface area contributed by atoms with Gasteiger partial charge in [0.2, 0.25) is 0 Å². The highest BCUT2D eigenvalue weighted by Gasteiger charge is 2.09. The molecule has 1 heterocycles. The molecule has 0 bridgehead atoms. The quantitative estimate of drug-likeness (QED) is 0.768. The van der Waals surface area contributed by atoms with Crippen LogP contribution >= 0.6 is 43.6 Å². The zero-order valence-corrected chi connectivity index (χ0v) is 14.3. The summed E-state index contributed by atoms with van der Waals surface area (Å²) < 4.78 is 1.88. The van der Waals surface area contributed by atoms with Gasteiger partial charge in [0.15, 0.2) is 0 Å². The highest BCUT2D eigenvalue weighted by molar-refractivity contribution is 9.11. The molecule has 1 aromatic carbocycles. The number of nitrogens with two attached hydrogens (primary N) is 1. The Kier molecular flexibility index (Phi) is 5.24. The molecular formula is C13H13Br2N3S. The van der Waals surface area contributed by atoms with E-state index in [0.29, 0.717) is 11.6 Å². The molecule has 0 fully saturated rings. The Morgan fingerprint density at radius 1 is 1.26 bits per heavy atom. The van der Waals surface area contributed by atoms with E-state index in [2.05, 4.69) is 60.9 Å². The van der Waals surface area contributed by atoms with Gasteiger partial charge in [0, 0.05) is 9.37 Å². The average Bonchev–Trinajstić information content (AvgIpc) is 2.40. The lowest BCUT2D eigenvalue weighted by Gasteiger charge is -2.07. The molecule has 6 heteroatoms. The monoisotopic (exact) mass is 401 g/mol. The van der Waals surface area contributed by atoms with Crippen LogP contribution in [-0.4, -0.2) is 9.97 Å². The SMILES string of the molecule is CCc1nc(CSc2cccc(Br)c2)nc(N)c1Br. The van der Waals surface area contributed by atoms with Crippen LogP contribution in [0.1, 0.15) is 18.4 Å². The summed E-state index contributed by atoms with van der Waals surface area (Å²) in [6.07, 6.45) is 0.835. The minimum absolute atomic E-state index is 0.511. The van der Waals surface area contributed by atoms with E-state index in [1.54, 1.807) is 11.8 Å². The van der Waals surface area contributed by atoms with Gasteiger partial charge in [-0.05, 0) is 40.5 Å². The second-order valence-electron chi connectivity index (χ2n) is 3.89. The molecule has 0 amide bonds. The fraction of sp³-hybridized carbons (Fsp3) is 0.231. The smallest absolute Gasteiger partial charge is 0.141 e. The molecule has 0 atom stereocenters. The van der Waals surface area contributed by atoms with Crippen LogP contribution in [0, 0.1) is 0 Å². The molecule has 2 N–H and O–H groups in total. The van der Waals surface area contributed by atoms with Crippen LogP contribution in [0.4, 0.5) is 5.82 Å². The number of thioether (sulfide) groups is 1. The highest BCUT2D eigenvalue weighted by Crippen LogP contribution is 2.27. The van der Waals surface area contributed by atoms with Crippen LogP contribution in [0.25, 0.3) is 0 Å². The Morgan fingerprint density at radius 2 is 2.05 bits per heavy atom. The molecule has 3 nitrogen and oxygen atoms in total. The van der Waals surface area contributed by atoms with Crippen molar-refractivity contribution in [2.24, 2.45) is 0 Å². The second-order valence-corrected chi connectivity index (χ2v) is 6.64. The van der Waals surface area contributed by atoms with E-state index in [1.807, 2.05) is 12.1 Å². The van der Waals surface area contributed by atoms with Gasteiger partial charge in [0.1, 0.15) is 11.6 Å². The third kappa shape index (κ3) is 3.94. The molecule has 2 aromatic rings. The number of nitrogen functional groups attached to an aromatic ring is 1. The third-order valence-electron chi connectivity index (χ3n) is 2.49. The first-order chi connectivity index (χ1) is 9.10. The molecule has 19 heavy (non-hydrogen) atoms. The first-order valence-corrected chi connectivity index (χ1v) is 8.36. The summed E-state index contributed by atoms with van der Waals surface area (Å²) in [7, 11) is 0. The van der Waals surface area contributed by atoms with Gasteiger partial charge >= 0.3 is 0 Å². The standard InChI is InChI=1S/C13H13Br2N3S/c1-2-10-12(15)13(16)18-11(17-10)7-19-9-5-3-4-8(14)6-9/h3-6H,2,7H2,1H3,(H2,16,17,18). The summed E-state index contributed by atoms with van der Waals surface area (Å²) in [4.78, 5) is 10.0. The number of hydrogen-bond acceptors (Lipinski definition) is 4. The molecular weight excluding hydrogens is 390 g/mol. The summed E-state index contributed by atoms with van der Waals surface area (Å²) in [5.74, 6) is 1.99. The molecule has 1 aromatic heterocycles. The van der Waals surface area contributed by atoms with Gasteiger partial charge in [0.25, 0.3) is 0 Å². The summed E-state index contributed by atoms with van der Waals surface area (Å²) in [5, 5.41) is 0. The maximum Gasteiger partial charge on any atom is 0.141 e. The molecule has 0 unspecified atom stereocenters. The first kappa shape index (κ1) is 14.8. The normalized spacial score (nSPS) is 10.7. The van der Waals surface area contributed by atoms with Crippen molar-refractivity contribution in [1.82, 2.24) is 9.97 Å². The lowest BCUT2D eigenvalue weighted by atomic mass is 10.3. The van der Waals surface area contributed by atoms with E-state index in [-0.39, 0.29) is 0 Å². The molecule has 0 saturated heterocycles. The van der Waals surface area contributed by atoms with Crippen molar-refractivity contribution in [2.45, 2.75) is 24.0 Å². The Bertz CT molecular complexity index is 590. The Morgan fingerprint density at radius 3 is 2.74 bits per heavy atom. The van der Waals surface area contributed by atoms with Crippen molar-refractivity contribution in [3.8, 4) is 0 Å². The van der Waals surface area contributed by atoms with Crippen molar-refractivity contribution in [1.29, 1.82) is 0 Å². The Hall–Kier alpha value is -0.590. The predicted molar refractivity (Wildman–Crippen MR) is 87.2 cm³/mol. The van der Waals surface area contributed by atoms with Crippen LogP contribution in [0.15, 0.2) is 38.1 Å². The topological polar surface area (TPSA) is 51.8 Å². The van der Waals surface area contributed by atoms with Crippen molar-refractivity contribution in [3.63, 3.8) is 0 Å². The molecule has 0 radical (unpaired) electrons. The van der Waals surface area contributed by atoms with E-state index >= 15 is 0 Å². The fourth-order valence-electron chi connectivity index (χ4n) is 1.57. The van der Waals surface area contributed by atoms with Crippen molar-refractivity contribution in [3.05, 3.63) is 44.7 Å². The summed E-state index contributed by atoms with van der Waals surface area (Å²) in [6, 6.07) is 8.17. The fourth-order valence-corrected chi connectivity index (χ4v) is 3.39. The molecule has 2 rings (SSSR count). The van der Waals surface area contributed by atoms with Crippen LogP contribution in [0.2, 0.25) is 0 Å². The van der Waals surface area contributed by atoms with Gasteiger partial charge in [-0.25, -0.2) is 9.97 Å². The van der Waals surface area contributed by atoms with Gasteiger partial charge < -0.3 is 5.73 Å². The summed E-state index contributed by atoms with van der Waals surface area (Å²) in [5.41, 5.74) is 6.83. The van der Waals surface area contributed by atoms with E-state index in [1.165, 1.54) is 4.90 Å². The molecule has 100 valence electrons. The van der Waals surface area contributed by atoms with Crippen molar-refractivity contribution < 1.29 is 0 Å². The molecule has 0 aliphatic rings. The van der Waals surface area contributed by atoms with Gasteiger partial charge in [-0.3, -0.25) is 0 Å². The van der Waals surface area contributed by atoms with Gasteiger partial charge in [-0.2, -0.15) is 0 Å². The minimum atomic E-state index is 0.511. The van der Waals surface area contributed by atoms with E-state index < -0.39 is 0 Å². The molecule has 0 aliphatic carbocycles. The summed E-state index contributed by atoms with van der Waals surface area (Å²) in [6.45, 7) is 2.05. The van der Waals surface area contributed by atoms with Gasteiger partial charge in [0.05, 0.1) is 15.9 Å². The average molecular weight is 403 g/mol. The van der Waals surface area contributed by atoms with Crippen LogP contribution < -0.4 is 5.73 Å². The highest BCUT2D eigenvalue weighted by atomic mass is 79.9. The zero-order valence-electron chi connectivity index (χ0n) is 10.4. The third-order valence-corrected chi connectivity index (χ3v) is 4.84. The number of hydrogen-bond donors (Lipinski definition) is 1. The Balaban J connectivity index is 2.13. The molecule has 0 saturated carbocycles. The molecule has 0 spiro atoms. The zero-order chi connectivity index (χ0) is 13.8. The van der Waals surface area contributed by atoms with Crippen LogP contribution in [0.5, 0.6) is 0 Å². The maximum atomic E-state index is 5.88. The lowest BCUT2D eigenvalue weighted by molar-refractivity contribution is 0.934. The van der Waals surface area contributed by atoms with E-state index in [0.717, 1.165) is 26.9 Å². The van der Waals surface area contributed by atoms with Gasteiger partial charge in [-0.1, -0.05) is 28.9 Å². The number of benzene rings is 1. The number of nitrogens with zero attached hydrogens (tertiary/aromatic N) is 2. The number of rotatable bonds is 4. The summed E-state index contributed by atoms with van der Waals surface area (Å²) >= 11 is 8.57. The number of halogens is 2. The van der Waals surface area contributed by atoms with Crippen molar-refractivity contribution >= 4 is 49.4 Å². The minimum Gasteiger partial charge on any atom is -0.383 e. The van der Waals surface area contributed by atoms with Crippen molar-refractivity contribution in [2.75, 3.05) is 5.73 Å². The van der Waals surface area contributed by atoms with E-state index in [4.69, 9.17) is 5.73 Å². The molecule has 0 aliphatic heterocycles. The second kappa shape index (κ2) is 6.72. The van der Waals surface area contributed by atoms with E-state index in [9.17, 15) is 0 Å². The largest absolute Gasteiger partial charge is 0.383 e. The predicted octanol–water partition coefficient (Wildman–Crippen LogP) is 4.44. The Labute approximate surface area is 133 Å². The first-order valence-electron chi connectivity index (χ1n) is 5.79. The number of aromatic nitrogens is 2.